The molecule has 0 aliphatic heterocycles. The second kappa shape index (κ2) is 5.02. The van der Waals surface area contributed by atoms with Gasteiger partial charge in [-0.25, -0.2) is 4.98 Å². The fourth-order valence-corrected chi connectivity index (χ4v) is 2.15. The van der Waals surface area contributed by atoms with E-state index in [1.807, 2.05) is 6.07 Å². The van der Waals surface area contributed by atoms with E-state index >= 15 is 0 Å². The van der Waals surface area contributed by atoms with Gasteiger partial charge in [0.1, 0.15) is 11.9 Å². The largest absolute Gasteiger partial charge is 0.396 e. The van der Waals surface area contributed by atoms with E-state index in [1.165, 1.54) is 0 Å². The van der Waals surface area contributed by atoms with Crippen LogP contribution < -0.4 is 11.1 Å². The standard InChI is InChI=1S/C12H16N4O/c13-6-10-9(14)4-5-12(16-10)15-7-8-2-1-3-11(8)17/h4-5,8,11,17H,1-3,7,14H2,(H,15,16). The minimum absolute atomic E-state index is 0.216. The Bertz CT molecular complexity index is 441. The van der Waals surface area contributed by atoms with Crippen LogP contribution in [0.15, 0.2) is 12.1 Å². The van der Waals surface area contributed by atoms with Crippen molar-refractivity contribution in [2.75, 3.05) is 17.6 Å². The van der Waals surface area contributed by atoms with Crippen LogP contribution in [0.3, 0.4) is 0 Å². The molecule has 2 rings (SSSR count). The van der Waals surface area contributed by atoms with Crippen LogP contribution in [-0.4, -0.2) is 22.7 Å². The van der Waals surface area contributed by atoms with Crippen molar-refractivity contribution in [3.8, 4) is 6.07 Å². The Labute approximate surface area is 100 Å². The van der Waals surface area contributed by atoms with Crippen molar-refractivity contribution in [1.29, 1.82) is 5.26 Å². The quantitative estimate of drug-likeness (QED) is 0.725. The van der Waals surface area contributed by atoms with Crippen LogP contribution in [0.2, 0.25) is 0 Å². The lowest BCUT2D eigenvalue weighted by Gasteiger charge is -2.15. The van der Waals surface area contributed by atoms with Crippen molar-refractivity contribution in [2.24, 2.45) is 5.92 Å². The average Bonchev–Trinajstić information content (AvgIpc) is 2.74. The summed E-state index contributed by atoms with van der Waals surface area (Å²) in [5.41, 5.74) is 6.21. The van der Waals surface area contributed by atoms with Crippen LogP contribution in [0.4, 0.5) is 11.5 Å². The molecule has 1 aromatic rings. The Morgan fingerprint density at radius 3 is 3.00 bits per heavy atom. The van der Waals surface area contributed by atoms with E-state index in [2.05, 4.69) is 10.3 Å². The molecule has 0 amide bonds. The molecular weight excluding hydrogens is 216 g/mol. The molecule has 5 heteroatoms. The Hall–Kier alpha value is -1.80. The van der Waals surface area contributed by atoms with E-state index in [9.17, 15) is 5.11 Å². The SMILES string of the molecule is N#Cc1nc(NCC2CCCC2O)ccc1N. The van der Waals surface area contributed by atoms with E-state index in [0.29, 0.717) is 18.1 Å². The van der Waals surface area contributed by atoms with Crippen LogP contribution in [0, 0.1) is 17.2 Å². The van der Waals surface area contributed by atoms with Crippen LogP contribution in [-0.2, 0) is 0 Å². The summed E-state index contributed by atoms with van der Waals surface area (Å²) >= 11 is 0. The second-order valence-electron chi connectivity index (χ2n) is 4.39. The van der Waals surface area contributed by atoms with Crippen LogP contribution in [0.25, 0.3) is 0 Å². The lowest BCUT2D eigenvalue weighted by atomic mass is 10.1. The van der Waals surface area contributed by atoms with Gasteiger partial charge in [0.05, 0.1) is 11.8 Å². The average molecular weight is 232 g/mol. The molecule has 1 fully saturated rings. The zero-order chi connectivity index (χ0) is 12.3. The van der Waals surface area contributed by atoms with Gasteiger partial charge in [0.25, 0.3) is 0 Å². The van der Waals surface area contributed by atoms with Gasteiger partial charge in [0, 0.05) is 12.5 Å². The van der Waals surface area contributed by atoms with Gasteiger partial charge < -0.3 is 16.2 Å². The summed E-state index contributed by atoms with van der Waals surface area (Å²) in [7, 11) is 0. The van der Waals surface area contributed by atoms with Crippen LogP contribution >= 0.6 is 0 Å². The molecule has 0 bridgehead atoms. The normalized spacial score (nSPS) is 23.3. The summed E-state index contributed by atoms with van der Waals surface area (Å²) in [5.74, 6) is 0.912. The third kappa shape index (κ3) is 2.66. The van der Waals surface area contributed by atoms with Crippen molar-refractivity contribution in [3.05, 3.63) is 17.8 Å². The highest BCUT2D eigenvalue weighted by Crippen LogP contribution is 2.25. The molecule has 0 saturated heterocycles. The number of hydrogen-bond acceptors (Lipinski definition) is 5. The molecule has 4 N–H and O–H groups in total. The molecular formula is C12H16N4O. The molecule has 0 radical (unpaired) electrons. The highest BCUT2D eigenvalue weighted by molar-refractivity contribution is 5.54. The number of nitrogens with zero attached hydrogens (tertiary/aromatic N) is 2. The monoisotopic (exact) mass is 232 g/mol. The molecule has 1 heterocycles. The summed E-state index contributed by atoms with van der Waals surface area (Å²) in [4.78, 5) is 4.10. The van der Waals surface area contributed by atoms with Crippen LogP contribution in [0.5, 0.6) is 0 Å². The first kappa shape index (κ1) is 11.7. The molecule has 90 valence electrons. The maximum absolute atomic E-state index is 9.68. The number of nitrogens with one attached hydrogen (secondary N) is 1. The number of hydrogen-bond donors (Lipinski definition) is 3. The zero-order valence-corrected chi connectivity index (χ0v) is 9.56. The fraction of sp³-hybridized carbons (Fsp3) is 0.500. The van der Waals surface area contributed by atoms with Crippen molar-refractivity contribution < 1.29 is 5.11 Å². The molecule has 2 atom stereocenters. The number of nitriles is 1. The van der Waals surface area contributed by atoms with Gasteiger partial charge in [-0.3, -0.25) is 0 Å². The number of pyridine rings is 1. The number of nitrogen functional groups attached to an aromatic ring is 1. The summed E-state index contributed by atoms with van der Waals surface area (Å²) in [6.07, 6.45) is 2.78. The maximum atomic E-state index is 9.68. The Morgan fingerprint density at radius 2 is 2.35 bits per heavy atom. The lowest BCUT2D eigenvalue weighted by Crippen LogP contribution is -2.22. The van der Waals surface area contributed by atoms with Gasteiger partial charge in [-0.05, 0) is 25.0 Å². The van der Waals surface area contributed by atoms with Crippen molar-refractivity contribution in [1.82, 2.24) is 4.98 Å². The molecule has 2 unspecified atom stereocenters. The highest BCUT2D eigenvalue weighted by atomic mass is 16.3. The second-order valence-corrected chi connectivity index (χ2v) is 4.39. The van der Waals surface area contributed by atoms with E-state index < -0.39 is 0 Å². The first-order valence-electron chi connectivity index (χ1n) is 5.79. The number of rotatable bonds is 3. The molecule has 1 saturated carbocycles. The molecule has 0 aromatic carbocycles. The highest BCUT2D eigenvalue weighted by Gasteiger charge is 2.24. The number of anilines is 2. The number of aliphatic hydroxyl groups excluding tert-OH is 1. The summed E-state index contributed by atoms with van der Waals surface area (Å²) < 4.78 is 0. The molecule has 5 nitrogen and oxygen atoms in total. The summed E-state index contributed by atoms with van der Waals surface area (Å²) in [6, 6.07) is 5.36. The van der Waals surface area contributed by atoms with Gasteiger partial charge in [0.15, 0.2) is 5.69 Å². The smallest absolute Gasteiger partial charge is 0.165 e. The Kier molecular flexibility index (Phi) is 3.45. The minimum atomic E-state index is -0.216. The molecule has 1 aromatic heterocycles. The van der Waals surface area contributed by atoms with E-state index in [4.69, 9.17) is 11.0 Å². The molecule has 1 aliphatic carbocycles. The van der Waals surface area contributed by atoms with E-state index in [0.717, 1.165) is 19.3 Å². The maximum Gasteiger partial charge on any atom is 0.165 e. The number of nitrogens with two attached hydrogens (primary N) is 1. The van der Waals surface area contributed by atoms with Gasteiger partial charge in [-0.2, -0.15) is 5.26 Å². The third-order valence-electron chi connectivity index (χ3n) is 3.20. The Balaban J connectivity index is 1.97. The van der Waals surface area contributed by atoms with Gasteiger partial charge >= 0.3 is 0 Å². The predicted octanol–water partition coefficient (Wildman–Crippen LogP) is 1.11. The minimum Gasteiger partial charge on any atom is -0.396 e. The van der Waals surface area contributed by atoms with Gasteiger partial charge in [-0.15, -0.1) is 0 Å². The number of aliphatic hydroxyl groups is 1. The molecule has 0 spiro atoms. The van der Waals surface area contributed by atoms with E-state index in [-0.39, 0.29) is 17.7 Å². The van der Waals surface area contributed by atoms with Crippen LogP contribution in [0.1, 0.15) is 25.0 Å². The van der Waals surface area contributed by atoms with Gasteiger partial charge in [-0.1, -0.05) is 6.42 Å². The third-order valence-corrected chi connectivity index (χ3v) is 3.20. The van der Waals surface area contributed by atoms with Crippen molar-refractivity contribution >= 4 is 11.5 Å². The first-order chi connectivity index (χ1) is 8.20. The summed E-state index contributed by atoms with van der Waals surface area (Å²) in [6.45, 7) is 0.683. The zero-order valence-electron chi connectivity index (χ0n) is 9.56. The Morgan fingerprint density at radius 1 is 1.53 bits per heavy atom. The lowest BCUT2D eigenvalue weighted by molar-refractivity contribution is 0.138. The summed E-state index contributed by atoms with van der Waals surface area (Å²) in [5, 5.41) is 21.6. The van der Waals surface area contributed by atoms with Gasteiger partial charge in [0.2, 0.25) is 0 Å². The first-order valence-corrected chi connectivity index (χ1v) is 5.79. The molecule has 1 aliphatic rings. The van der Waals surface area contributed by atoms with Crippen molar-refractivity contribution in [3.63, 3.8) is 0 Å². The predicted molar refractivity (Wildman–Crippen MR) is 65.2 cm³/mol. The molecule has 17 heavy (non-hydrogen) atoms. The topological polar surface area (TPSA) is 95.0 Å². The van der Waals surface area contributed by atoms with E-state index in [1.54, 1.807) is 12.1 Å². The fourth-order valence-electron chi connectivity index (χ4n) is 2.15. The van der Waals surface area contributed by atoms with Crippen molar-refractivity contribution in [2.45, 2.75) is 25.4 Å². The number of aromatic nitrogens is 1.